The summed E-state index contributed by atoms with van der Waals surface area (Å²) in [7, 11) is 0. The lowest BCUT2D eigenvalue weighted by Gasteiger charge is -2.21. The molecule has 3 rings (SSSR count). The molecule has 4 nitrogen and oxygen atoms in total. The normalized spacial score (nSPS) is 17.3. The molecule has 1 heterocycles. The van der Waals surface area contributed by atoms with Crippen LogP contribution in [0.3, 0.4) is 0 Å². The van der Waals surface area contributed by atoms with Crippen molar-refractivity contribution in [3.05, 3.63) is 59.2 Å². The van der Waals surface area contributed by atoms with Gasteiger partial charge < -0.3 is 10.2 Å². The maximum atomic E-state index is 12.7. The van der Waals surface area contributed by atoms with Crippen LogP contribution in [-0.4, -0.2) is 18.4 Å². The van der Waals surface area contributed by atoms with Crippen LogP contribution in [0.2, 0.25) is 0 Å². The highest BCUT2D eigenvalue weighted by Gasteiger charge is 2.35. The van der Waals surface area contributed by atoms with Crippen LogP contribution < -0.4 is 10.2 Å². The van der Waals surface area contributed by atoms with Gasteiger partial charge >= 0.3 is 0 Å². The van der Waals surface area contributed by atoms with Crippen LogP contribution in [0.4, 0.5) is 11.4 Å². The fourth-order valence-electron chi connectivity index (χ4n) is 3.40. The van der Waals surface area contributed by atoms with Crippen molar-refractivity contribution < 1.29 is 9.59 Å². The third-order valence-electron chi connectivity index (χ3n) is 5.40. The minimum absolute atomic E-state index is 0.000349. The molecule has 0 unspecified atom stereocenters. The standard InChI is InChI=1S/C23H28N2O2/c1-15-7-6-8-20(16(15)2)24-22(27)17-13-21(26)25(14-17)19-11-9-18(10-12-19)23(3,4)5/h6-12,17H,13-14H2,1-5H3,(H,24,27)/t17-/m1/s1. The molecular weight excluding hydrogens is 336 g/mol. The van der Waals surface area contributed by atoms with E-state index in [1.54, 1.807) is 4.90 Å². The van der Waals surface area contributed by atoms with E-state index in [1.165, 1.54) is 5.56 Å². The highest BCUT2D eigenvalue weighted by atomic mass is 16.2. The van der Waals surface area contributed by atoms with Crippen molar-refractivity contribution >= 4 is 23.2 Å². The van der Waals surface area contributed by atoms with Crippen LogP contribution in [-0.2, 0) is 15.0 Å². The monoisotopic (exact) mass is 364 g/mol. The Morgan fingerprint density at radius 2 is 1.74 bits per heavy atom. The Kier molecular flexibility index (Phi) is 5.09. The fraction of sp³-hybridized carbons (Fsp3) is 0.391. The van der Waals surface area contributed by atoms with Gasteiger partial charge in [-0.3, -0.25) is 9.59 Å². The summed E-state index contributed by atoms with van der Waals surface area (Å²) in [6.45, 7) is 10.9. The molecule has 2 aromatic carbocycles. The molecule has 1 aliphatic rings. The average Bonchev–Trinajstić information content (AvgIpc) is 3.00. The number of hydrogen-bond acceptors (Lipinski definition) is 2. The average molecular weight is 364 g/mol. The molecule has 0 aliphatic carbocycles. The summed E-state index contributed by atoms with van der Waals surface area (Å²) in [5.41, 5.74) is 5.17. The van der Waals surface area contributed by atoms with Crippen molar-refractivity contribution in [2.75, 3.05) is 16.8 Å². The van der Waals surface area contributed by atoms with Gasteiger partial charge in [0.1, 0.15) is 0 Å². The van der Waals surface area contributed by atoms with E-state index in [0.717, 1.165) is 22.5 Å². The van der Waals surface area contributed by atoms with E-state index in [1.807, 2.05) is 44.2 Å². The number of rotatable bonds is 3. The molecule has 1 aliphatic heterocycles. The summed E-state index contributed by atoms with van der Waals surface area (Å²) in [6, 6.07) is 13.9. The van der Waals surface area contributed by atoms with Crippen LogP contribution in [0, 0.1) is 19.8 Å². The van der Waals surface area contributed by atoms with Gasteiger partial charge in [-0.1, -0.05) is 45.0 Å². The quantitative estimate of drug-likeness (QED) is 0.866. The molecule has 1 atom stereocenters. The second kappa shape index (κ2) is 7.18. The maximum absolute atomic E-state index is 12.7. The number of carbonyl (C=O) groups is 2. The van der Waals surface area contributed by atoms with E-state index in [9.17, 15) is 9.59 Å². The molecule has 0 aromatic heterocycles. The molecule has 0 bridgehead atoms. The zero-order chi connectivity index (χ0) is 19.8. The Morgan fingerprint density at radius 3 is 2.37 bits per heavy atom. The van der Waals surface area contributed by atoms with E-state index in [4.69, 9.17) is 0 Å². The molecule has 2 amide bonds. The summed E-state index contributed by atoms with van der Waals surface area (Å²) in [5.74, 6) is -0.426. The van der Waals surface area contributed by atoms with Crippen molar-refractivity contribution in [1.29, 1.82) is 0 Å². The predicted molar refractivity (Wildman–Crippen MR) is 110 cm³/mol. The maximum Gasteiger partial charge on any atom is 0.229 e. The zero-order valence-corrected chi connectivity index (χ0v) is 16.8. The van der Waals surface area contributed by atoms with Crippen LogP contribution in [0.1, 0.15) is 43.9 Å². The first kappa shape index (κ1) is 19.2. The summed E-state index contributed by atoms with van der Waals surface area (Å²) < 4.78 is 0. The number of anilines is 2. The first-order chi connectivity index (χ1) is 12.7. The Labute approximate surface area is 161 Å². The molecule has 1 N–H and O–H groups in total. The Bertz CT molecular complexity index is 863. The number of nitrogens with zero attached hydrogens (tertiary/aromatic N) is 1. The van der Waals surface area contributed by atoms with Gasteiger partial charge in [-0.15, -0.1) is 0 Å². The lowest BCUT2D eigenvalue weighted by molar-refractivity contribution is -0.122. The highest BCUT2D eigenvalue weighted by molar-refractivity contribution is 6.03. The van der Waals surface area contributed by atoms with Crippen LogP contribution >= 0.6 is 0 Å². The predicted octanol–water partition coefficient (Wildman–Crippen LogP) is 4.59. The number of amides is 2. The van der Waals surface area contributed by atoms with Gasteiger partial charge in [0.15, 0.2) is 0 Å². The minimum atomic E-state index is -0.334. The molecule has 1 fully saturated rings. The van der Waals surface area contributed by atoms with Gasteiger partial charge in [0.25, 0.3) is 0 Å². The molecular formula is C23H28N2O2. The van der Waals surface area contributed by atoms with Crippen LogP contribution in [0.15, 0.2) is 42.5 Å². The number of nitrogens with one attached hydrogen (secondary N) is 1. The van der Waals surface area contributed by atoms with Crippen molar-refractivity contribution in [2.24, 2.45) is 5.92 Å². The van der Waals surface area contributed by atoms with Gasteiger partial charge in [-0.25, -0.2) is 0 Å². The minimum Gasteiger partial charge on any atom is -0.326 e. The molecule has 0 saturated carbocycles. The van der Waals surface area contributed by atoms with E-state index in [0.29, 0.717) is 6.54 Å². The van der Waals surface area contributed by atoms with E-state index >= 15 is 0 Å². The molecule has 0 radical (unpaired) electrons. The van der Waals surface area contributed by atoms with Crippen molar-refractivity contribution in [2.45, 2.75) is 46.5 Å². The topological polar surface area (TPSA) is 49.4 Å². The summed E-state index contributed by atoms with van der Waals surface area (Å²) in [4.78, 5) is 26.9. The highest BCUT2D eigenvalue weighted by Crippen LogP contribution is 2.29. The lowest BCUT2D eigenvalue weighted by Crippen LogP contribution is -2.28. The second-order valence-electron chi connectivity index (χ2n) is 8.44. The SMILES string of the molecule is Cc1cccc(NC(=O)[C@@H]2CC(=O)N(c3ccc(C(C)(C)C)cc3)C2)c1C. The second-order valence-corrected chi connectivity index (χ2v) is 8.44. The van der Waals surface area contributed by atoms with Gasteiger partial charge in [0.2, 0.25) is 11.8 Å². The van der Waals surface area contributed by atoms with Crippen LogP contribution in [0.25, 0.3) is 0 Å². The molecule has 1 saturated heterocycles. The van der Waals surface area contributed by atoms with Crippen molar-refractivity contribution in [3.8, 4) is 0 Å². The molecule has 142 valence electrons. The van der Waals surface area contributed by atoms with Gasteiger partial charge in [-0.05, 0) is 54.2 Å². The summed E-state index contributed by atoms with van der Waals surface area (Å²) in [6.07, 6.45) is 0.248. The third-order valence-corrected chi connectivity index (χ3v) is 5.40. The van der Waals surface area contributed by atoms with Crippen LogP contribution in [0.5, 0.6) is 0 Å². The van der Waals surface area contributed by atoms with Crippen molar-refractivity contribution in [1.82, 2.24) is 0 Å². The number of hydrogen-bond donors (Lipinski definition) is 1. The Hall–Kier alpha value is -2.62. The summed E-state index contributed by atoms with van der Waals surface area (Å²) in [5, 5.41) is 3.00. The number of benzene rings is 2. The first-order valence-electron chi connectivity index (χ1n) is 9.45. The molecule has 27 heavy (non-hydrogen) atoms. The van der Waals surface area contributed by atoms with Gasteiger partial charge in [-0.2, -0.15) is 0 Å². The van der Waals surface area contributed by atoms with E-state index < -0.39 is 0 Å². The van der Waals surface area contributed by atoms with Gasteiger partial charge in [0.05, 0.1) is 5.92 Å². The summed E-state index contributed by atoms with van der Waals surface area (Å²) >= 11 is 0. The first-order valence-corrected chi connectivity index (χ1v) is 9.45. The fourth-order valence-corrected chi connectivity index (χ4v) is 3.40. The Balaban J connectivity index is 1.71. The van der Waals surface area contributed by atoms with Crippen molar-refractivity contribution in [3.63, 3.8) is 0 Å². The van der Waals surface area contributed by atoms with E-state index in [2.05, 4.69) is 38.2 Å². The van der Waals surface area contributed by atoms with Gasteiger partial charge in [0, 0.05) is 24.3 Å². The lowest BCUT2D eigenvalue weighted by atomic mass is 9.87. The largest absolute Gasteiger partial charge is 0.326 e. The third kappa shape index (κ3) is 4.05. The Morgan fingerprint density at radius 1 is 1.07 bits per heavy atom. The number of carbonyl (C=O) groups excluding carboxylic acids is 2. The zero-order valence-electron chi connectivity index (χ0n) is 16.8. The molecule has 2 aromatic rings. The number of aryl methyl sites for hydroxylation is 1. The van der Waals surface area contributed by atoms with E-state index in [-0.39, 0.29) is 29.6 Å². The smallest absolute Gasteiger partial charge is 0.229 e. The molecule has 0 spiro atoms. The molecule has 4 heteroatoms.